The zero-order valence-electron chi connectivity index (χ0n) is 13.8. The SMILES string of the molecule is COCCN(C(=O)Cc1cccc(C(F)(F)F)c1)C1CCS(=O)(=O)C1. The summed E-state index contributed by atoms with van der Waals surface area (Å²) in [5.41, 5.74) is -0.576. The Bertz CT molecular complexity index is 718. The van der Waals surface area contributed by atoms with Crippen molar-refractivity contribution in [2.75, 3.05) is 31.8 Å². The van der Waals surface area contributed by atoms with Gasteiger partial charge in [-0.15, -0.1) is 0 Å². The van der Waals surface area contributed by atoms with Crippen molar-refractivity contribution in [1.29, 1.82) is 0 Å². The van der Waals surface area contributed by atoms with E-state index < -0.39 is 33.5 Å². The first kappa shape index (κ1) is 19.7. The largest absolute Gasteiger partial charge is 0.416 e. The van der Waals surface area contributed by atoms with Gasteiger partial charge in [-0.1, -0.05) is 18.2 Å². The van der Waals surface area contributed by atoms with Crippen LogP contribution in [0.5, 0.6) is 0 Å². The molecule has 0 aromatic heterocycles. The lowest BCUT2D eigenvalue weighted by molar-refractivity contribution is -0.138. The quantitative estimate of drug-likeness (QED) is 0.758. The van der Waals surface area contributed by atoms with Crippen LogP contribution in [0.25, 0.3) is 0 Å². The molecule has 5 nitrogen and oxygen atoms in total. The fraction of sp³-hybridized carbons (Fsp3) is 0.562. The van der Waals surface area contributed by atoms with Crippen LogP contribution in [0.15, 0.2) is 24.3 Å². The van der Waals surface area contributed by atoms with Gasteiger partial charge < -0.3 is 9.64 Å². The van der Waals surface area contributed by atoms with E-state index in [2.05, 4.69) is 0 Å². The Kier molecular flexibility index (Phi) is 6.10. The Hall–Kier alpha value is -1.61. The normalized spacial score (nSPS) is 19.8. The second-order valence-electron chi connectivity index (χ2n) is 6.01. The minimum atomic E-state index is -4.48. The third-order valence-corrected chi connectivity index (χ3v) is 5.87. The number of benzene rings is 1. The van der Waals surface area contributed by atoms with Crippen molar-refractivity contribution in [2.45, 2.75) is 25.1 Å². The highest BCUT2D eigenvalue weighted by Gasteiger charge is 2.35. The Labute approximate surface area is 144 Å². The first-order valence-electron chi connectivity index (χ1n) is 7.77. The van der Waals surface area contributed by atoms with E-state index in [-0.39, 0.29) is 36.6 Å². The van der Waals surface area contributed by atoms with Gasteiger partial charge in [-0.3, -0.25) is 4.79 Å². The van der Waals surface area contributed by atoms with Crippen molar-refractivity contribution < 1.29 is 31.1 Å². The lowest BCUT2D eigenvalue weighted by Crippen LogP contribution is -2.43. The van der Waals surface area contributed by atoms with Crippen molar-refractivity contribution >= 4 is 15.7 Å². The molecule has 1 unspecified atom stereocenters. The van der Waals surface area contributed by atoms with Gasteiger partial charge in [-0.05, 0) is 18.1 Å². The van der Waals surface area contributed by atoms with Crippen molar-refractivity contribution in [3.05, 3.63) is 35.4 Å². The zero-order chi connectivity index (χ0) is 18.7. The molecule has 0 N–H and O–H groups in total. The topological polar surface area (TPSA) is 63.7 Å². The monoisotopic (exact) mass is 379 g/mol. The molecule has 1 fully saturated rings. The molecule has 1 aliphatic rings. The highest BCUT2D eigenvalue weighted by Crippen LogP contribution is 2.29. The summed E-state index contributed by atoms with van der Waals surface area (Å²) in [5, 5.41) is 0. The van der Waals surface area contributed by atoms with Crippen molar-refractivity contribution in [2.24, 2.45) is 0 Å². The van der Waals surface area contributed by atoms with E-state index in [1.54, 1.807) is 0 Å². The smallest absolute Gasteiger partial charge is 0.383 e. The Balaban J connectivity index is 2.14. The van der Waals surface area contributed by atoms with Gasteiger partial charge in [-0.25, -0.2) is 8.42 Å². The van der Waals surface area contributed by atoms with E-state index >= 15 is 0 Å². The number of sulfone groups is 1. The fourth-order valence-electron chi connectivity index (χ4n) is 2.86. The summed E-state index contributed by atoms with van der Waals surface area (Å²) in [4.78, 5) is 14.0. The van der Waals surface area contributed by atoms with E-state index in [0.29, 0.717) is 6.42 Å². The average molecular weight is 379 g/mol. The third-order valence-electron chi connectivity index (χ3n) is 4.12. The first-order valence-corrected chi connectivity index (χ1v) is 9.59. The van der Waals surface area contributed by atoms with Crippen LogP contribution in [-0.4, -0.2) is 57.0 Å². The summed E-state index contributed by atoms with van der Waals surface area (Å²) in [6.07, 6.45) is -4.36. The molecule has 1 amide bonds. The molecule has 0 saturated carbocycles. The van der Waals surface area contributed by atoms with Gasteiger partial charge in [0.1, 0.15) is 0 Å². The number of alkyl halides is 3. The number of amides is 1. The number of carbonyl (C=O) groups excluding carboxylic acids is 1. The van der Waals surface area contributed by atoms with Crippen LogP contribution < -0.4 is 0 Å². The minimum absolute atomic E-state index is 0.0119. The number of ether oxygens (including phenoxy) is 1. The second kappa shape index (κ2) is 7.74. The van der Waals surface area contributed by atoms with Crippen LogP contribution >= 0.6 is 0 Å². The molecular formula is C16H20F3NO4S. The number of nitrogens with zero attached hydrogens (tertiary/aromatic N) is 1. The molecule has 1 heterocycles. The van der Waals surface area contributed by atoms with E-state index in [4.69, 9.17) is 4.74 Å². The van der Waals surface area contributed by atoms with E-state index in [0.717, 1.165) is 12.1 Å². The Morgan fingerprint density at radius 2 is 2.08 bits per heavy atom. The average Bonchev–Trinajstić information content (AvgIpc) is 2.87. The van der Waals surface area contributed by atoms with Crippen LogP contribution in [0.2, 0.25) is 0 Å². The number of hydrogen-bond donors (Lipinski definition) is 0. The molecule has 1 atom stereocenters. The maximum absolute atomic E-state index is 12.8. The van der Waals surface area contributed by atoms with Gasteiger partial charge in [-0.2, -0.15) is 13.2 Å². The van der Waals surface area contributed by atoms with Gasteiger partial charge in [0.25, 0.3) is 0 Å². The van der Waals surface area contributed by atoms with Crippen molar-refractivity contribution in [1.82, 2.24) is 4.90 Å². The van der Waals surface area contributed by atoms with E-state index in [1.165, 1.54) is 24.1 Å². The summed E-state index contributed by atoms with van der Waals surface area (Å²) in [6, 6.07) is 4.13. The molecule has 140 valence electrons. The second-order valence-corrected chi connectivity index (χ2v) is 8.24. The standard InChI is InChI=1S/C16H20F3NO4S/c1-24-7-6-20(14-5-8-25(22,23)11-14)15(21)10-12-3-2-4-13(9-12)16(17,18)19/h2-4,9,14H,5-8,10-11H2,1H3. The van der Waals surface area contributed by atoms with E-state index in [1.807, 2.05) is 0 Å². The highest BCUT2D eigenvalue weighted by molar-refractivity contribution is 7.91. The van der Waals surface area contributed by atoms with Crippen LogP contribution in [0, 0.1) is 0 Å². The maximum atomic E-state index is 12.8. The van der Waals surface area contributed by atoms with Gasteiger partial charge in [0.15, 0.2) is 9.84 Å². The van der Waals surface area contributed by atoms with Crippen LogP contribution in [-0.2, 0) is 32.0 Å². The molecule has 0 bridgehead atoms. The fourth-order valence-corrected chi connectivity index (χ4v) is 4.59. The summed E-state index contributed by atoms with van der Waals surface area (Å²) in [7, 11) is -1.72. The molecular weight excluding hydrogens is 359 g/mol. The summed E-state index contributed by atoms with van der Waals surface area (Å²) in [5.74, 6) is -0.512. The molecule has 0 spiro atoms. The summed E-state index contributed by atoms with van der Waals surface area (Å²) >= 11 is 0. The third kappa shape index (κ3) is 5.43. The summed E-state index contributed by atoms with van der Waals surface area (Å²) in [6.45, 7) is 0.430. The van der Waals surface area contributed by atoms with E-state index in [9.17, 15) is 26.4 Å². The van der Waals surface area contributed by atoms with Crippen molar-refractivity contribution in [3.63, 3.8) is 0 Å². The molecule has 1 saturated heterocycles. The predicted octanol–water partition coefficient (Wildman–Crippen LogP) is 1.91. The molecule has 2 rings (SSSR count). The van der Waals surface area contributed by atoms with Crippen molar-refractivity contribution in [3.8, 4) is 0 Å². The van der Waals surface area contributed by atoms with Gasteiger partial charge in [0, 0.05) is 19.7 Å². The van der Waals surface area contributed by atoms with Crippen LogP contribution in [0.4, 0.5) is 13.2 Å². The number of rotatable bonds is 6. The molecule has 9 heteroatoms. The lowest BCUT2D eigenvalue weighted by atomic mass is 10.1. The molecule has 1 aliphatic heterocycles. The number of hydrogen-bond acceptors (Lipinski definition) is 4. The predicted molar refractivity (Wildman–Crippen MR) is 85.8 cm³/mol. The van der Waals surface area contributed by atoms with Crippen LogP contribution in [0.3, 0.4) is 0 Å². The first-order chi connectivity index (χ1) is 11.6. The molecule has 0 aliphatic carbocycles. The zero-order valence-corrected chi connectivity index (χ0v) is 14.6. The highest BCUT2D eigenvalue weighted by atomic mass is 32.2. The maximum Gasteiger partial charge on any atom is 0.416 e. The van der Waals surface area contributed by atoms with Gasteiger partial charge in [0.05, 0.1) is 30.1 Å². The van der Waals surface area contributed by atoms with Crippen LogP contribution in [0.1, 0.15) is 17.5 Å². The lowest BCUT2D eigenvalue weighted by Gasteiger charge is -2.28. The Morgan fingerprint density at radius 1 is 1.36 bits per heavy atom. The van der Waals surface area contributed by atoms with Gasteiger partial charge in [0.2, 0.25) is 5.91 Å². The summed E-state index contributed by atoms with van der Waals surface area (Å²) < 4.78 is 66.6. The van der Waals surface area contributed by atoms with Gasteiger partial charge >= 0.3 is 6.18 Å². The minimum Gasteiger partial charge on any atom is -0.383 e. The number of halogens is 3. The number of methoxy groups -OCH3 is 1. The molecule has 1 aromatic rings. The Morgan fingerprint density at radius 3 is 2.64 bits per heavy atom. The molecule has 25 heavy (non-hydrogen) atoms. The number of carbonyl (C=O) groups is 1. The molecule has 1 aromatic carbocycles. The molecule has 0 radical (unpaired) electrons.